The van der Waals surface area contributed by atoms with Gasteiger partial charge in [-0.25, -0.2) is 0 Å². The van der Waals surface area contributed by atoms with E-state index in [0.717, 1.165) is 33.1 Å². The molecule has 7 nitrogen and oxygen atoms in total. The molecule has 3 aliphatic rings. The monoisotopic (exact) mass is 522 g/mol. The molecule has 2 N–H and O–H groups in total. The zero-order chi connectivity index (χ0) is 22.6. The number of benzene rings is 2. The molecular formula is C24H18N4O3SSe. The standard InChI is InChI=1S/C24H18N4O3SSe/c29-21-24(22(30)26-23(31)25-21)15(13-7-3-1-4-8-13)11-16-18(19(24)14-9-5-2-6-10-14)20-17(12-32-16)33-28-27-20/h1-10,15,19H,11-12H2,(H2,25,26,29,30,31). The molecule has 2 aliphatic heterocycles. The van der Waals surface area contributed by atoms with Gasteiger partial charge in [0.15, 0.2) is 0 Å². The zero-order valence-electron chi connectivity index (χ0n) is 17.3. The summed E-state index contributed by atoms with van der Waals surface area (Å²) in [5, 5.41) is 9.33. The number of aromatic nitrogens is 2. The van der Waals surface area contributed by atoms with E-state index in [-0.39, 0.29) is 14.7 Å². The van der Waals surface area contributed by atoms with Crippen molar-refractivity contribution in [2.75, 3.05) is 0 Å². The molecule has 6 rings (SSSR count). The van der Waals surface area contributed by atoms with Crippen LogP contribution in [0.5, 0.6) is 0 Å². The predicted octanol–water partition coefficient (Wildman–Crippen LogP) is 2.82. The number of carbonyl (C=O) groups excluding carboxylic acids is 3. The molecule has 164 valence electrons. The van der Waals surface area contributed by atoms with E-state index >= 15 is 0 Å². The molecule has 1 aliphatic carbocycles. The van der Waals surface area contributed by atoms with Crippen molar-refractivity contribution in [1.82, 2.24) is 19.8 Å². The first-order chi connectivity index (χ1) is 16.1. The van der Waals surface area contributed by atoms with Crippen molar-refractivity contribution in [3.63, 3.8) is 0 Å². The second-order valence-electron chi connectivity index (χ2n) is 8.29. The van der Waals surface area contributed by atoms with Gasteiger partial charge >= 0.3 is 200 Å². The first-order valence-corrected chi connectivity index (χ1v) is 13.2. The summed E-state index contributed by atoms with van der Waals surface area (Å²) in [5.74, 6) is -1.36. The Labute approximate surface area is 200 Å². The van der Waals surface area contributed by atoms with Gasteiger partial charge < -0.3 is 0 Å². The molecule has 1 spiro atoms. The number of nitrogens with one attached hydrogen (secondary N) is 2. The number of amides is 4. The van der Waals surface area contributed by atoms with Crippen LogP contribution in [-0.4, -0.2) is 41.8 Å². The van der Waals surface area contributed by atoms with Crippen LogP contribution in [0.15, 0.2) is 65.6 Å². The molecule has 1 fully saturated rings. The van der Waals surface area contributed by atoms with Gasteiger partial charge in [0.1, 0.15) is 0 Å². The van der Waals surface area contributed by atoms with E-state index in [0.29, 0.717) is 6.42 Å². The second-order valence-corrected chi connectivity index (χ2v) is 11.1. The maximum atomic E-state index is 13.8. The van der Waals surface area contributed by atoms with Gasteiger partial charge in [-0.1, -0.05) is 0 Å². The van der Waals surface area contributed by atoms with Crippen molar-refractivity contribution in [3.05, 3.63) is 86.8 Å². The van der Waals surface area contributed by atoms with Crippen molar-refractivity contribution in [2.24, 2.45) is 5.41 Å². The number of thioether (sulfide) groups is 1. The van der Waals surface area contributed by atoms with E-state index in [9.17, 15) is 14.4 Å². The fourth-order valence-electron chi connectivity index (χ4n) is 5.38. The fourth-order valence-corrected chi connectivity index (χ4v) is 8.19. The number of hydrogen-bond acceptors (Lipinski definition) is 6. The number of nitrogens with zero attached hydrogens (tertiary/aromatic N) is 2. The van der Waals surface area contributed by atoms with Crippen LogP contribution >= 0.6 is 11.8 Å². The van der Waals surface area contributed by atoms with Crippen LogP contribution in [0.25, 0.3) is 5.57 Å². The maximum absolute atomic E-state index is 13.8. The number of fused-ring (bicyclic) bond motifs is 2. The number of imide groups is 2. The number of urea groups is 1. The summed E-state index contributed by atoms with van der Waals surface area (Å²) in [4.78, 5) is 41.0. The topological polar surface area (TPSA) is 101 Å². The van der Waals surface area contributed by atoms with Crippen molar-refractivity contribution in [2.45, 2.75) is 24.0 Å². The Morgan fingerprint density at radius 1 is 0.909 bits per heavy atom. The minimum absolute atomic E-state index is 0.0708. The second kappa shape index (κ2) is 7.80. The normalized spacial score (nSPS) is 23.6. The Morgan fingerprint density at radius 3 is 2.21 bits per heavy atom. The molecule has 4 amide bonds. The van der Waals surface area contributed by atoms with E-state index < -0.39 is 35.1 Å². The molecule has 2 aromatic carbocycles. The fraction of sp³-hybridized carbons (Fsp3) is 0.208. The third-order valence-corrected chi connectivity index (χ3v) is 9.81. The summed E-state index contributed by atoms with van der Waals surface area (Å²) in [5.41, 5.74) is 1.91. The Bertz CT molecular complexity index is 1300. The Kier molecular flexibility index (Phi) is 4.87. The minimum atomic E-state index is -1.55. The average Bonchev–Trinajstić information content (AvgIpc) is 3.32. The Hall–Kier alpha value is -3.00. The number of rotatable bonds is 2. The summed E-state index contributed by atoms with van der Waals surface area (Å²) in [6.07, 6.45) is 0.516. The van der Waals surface area contributed by atoms with Crippen LogP contribution in [0.1, 0.15) is 39.5 Å². The van der Waals surface area contributed by atoms with Crippen LogP contribution < -0.4 is 10.6 Å². The van der Waals surface area contributed by atoms with Gasteiger partial charge in [0.2, 0.25) is 0 Å². The van der Waals surface area contributed by atoms with Gasteiger partial charge in [0.25, 0.3) is 0 Å². The molecular weight excluding hydrogens is 503 g/mol. The average molecular weight is 521 g/mol. The number of barbiturate groups is 1. The third kappa shape index (κ3) is 3.00. The summed E-state index contributed by atoms with van der Waals surface area (Å²) in [7, 11) is 0. The molecule has 3 heterocycles. The summed E-state index contributed by atoms with van der Waals surface area (Å²) in [6, 6.07) is 18.5. The molecule has 0 radical (unpaired) electrons. The van der Waals surface area contributed by atoms with Crippen LogP contribution in [0.3, 0.4) is 0 Å². The molecule has 33 heavy (non-hydrogen) atoms. The molecule has 0 saturated carbocycles. The first kappa shape index (κ1) is 20.6. The van der Waals surface area contributed by atoms with E-state index in [1.807, 2.05) is 60.7 Å². The van der Waals surface area contributed by atoms with Crippen molar-refractivity contribution in [3.8, 4) is 0 Å². The van der Waals surface area contributed by atoms with Gasteiger partial charge in [-0.15, -0.1) is 0 Å². The summed E-state index contributed by atoms with van der Waals surface area (Å²) in [6.45, 7) is 0. The van der Waals surface area contributed by atoms with Gasteiger partial charge in [-0.3, -0.25) is 0 Å². The number of hydrogen-bond donors (Lipinski definition) is 2. The van der Waals surface area contributed by atoms with E-state index in [1.165, 1.54) is 4.44 Å². The SMILES string of the molecule is O=C1NC(=O)C2(C(=O)N1)C(c1ccccc1)CC1=C(c3nn[se]c3CS1)C2c1ccccc1. The Balaban J connectivity index is 1.69. The van der Waals surface area contributed by atoms with Crippen molar-refractivity contribution < 1.29 is 14.4 Å². The van der Waals surface area contributed by atoms with Crippen molar-refractivity contribution >= 4 is 49.9 Å². The van der Waals surface area contributed by atoms with Crippen molar-refractivity contribution in [1.29, 1.82) is 0 Å². The van der Waals surface area contributed by atoms with E-state index in [1.54, 1.807) is 11.8 Å². The molecule has 2 atom stereocenters. The van der Waals surface area contributed by atoms with Gasteiger partial charge in [-0.2, -0.15) is 0 Å². The molecule has 2 unspecified atom stereocenters. The molecule has 3 aromatic rings. The van der Waals surface area contributed by atoms with Crippen LogP contribution in [0, 0.1) is 5.41 Å². The number of carbonyl (C=O) groups is 3. The zero-order valence-corrected chi connectivity index (χ0v) is 19.8. The van der Waals surface area contributed by atoms with Crippen LogP contribution in [0.4, 0.5) is 4.79 Å². The first-order valence-electron chi connectivity index (χ1n) is 10.5. The summed E-state index contributed by atoms with van der Waals surface area (Å²) < 4.78 is 5.49. The van der Waals surface area contributed by atoms with Crippen LogP contribution in [-0.2, 0) is 15.3 Å². The molecule has 1 aromatic heterocycles. The Morgan fingerprint density at radius 2 is 1.55 bits per heavy atom. The predicted molar refractivity (Wildman–Crippen MR) is 124 cm³/mol. The number of allylic oxidation sites excluding steroid dienone is 2. The van der Waals surface area contributed by atoms with Crippen LogP contribution in [0.2, 0.25) is 0 Å². The van der Waals surface area contributed by atoms with E-state index in [4.69, 9.17) is 0 Å². The van der Waals surface area contributed by atoms with E-state index in [2.05, 4.69) is 19.8 Å². The van der Waals surface area contributed by atoms with Gasteiger partial charge in [0.05, 0.1) is 0 Å². The van der Waals surface area contributed by atoms with Gasteiger partial charge in [-0.05, 0) is 0 Å². The van der Waals surface area contributed by atoms with Gasteiger partial charge in [0, 0.05) is 0 Å². The third-order valence-electron chi connectivity index (χ3n) is 6.71. The molecule has 1 saturated heterocycles. The summed E-state index contributed by atoms with van der Waals surface area (Å²) >= 11 is 1.69. The molecule has 9 heteroatoms. The molecule has 0 bridgehead atoms. The quantitative estimate of drug-likeness (QED) is 0.398.